The molecular formula is C14H23ClN2O. The molecule has 3 nitrogen and oxygen atoms in total. The molecule has 1 aromatic carbocycles. The van der Waals surface area contributed by atoms with Crippen LogP contribution in [0.3, 0.4) is 0 Å². The van der Waals surface area contributed by atoms with Crippen molar-refractivity contribution < 1.29 is 4.79 Å². The highest BCUT2D eigenvalue weighted by Gasteiger charge is 2.26. The van der Waals surface area contributed by atoms with Crippen LogP contribution in [0.15, 0.2) is 24.3 Å². The molecule has 0 radical (unpaired) electrons. The summed E-state index contributed by atoms with van der Waals surface area (Å²) in [5.74, 6) is -0.0425. The van der Waals surface area contributed by atoms with E-state index >= 15 is 0 Å². The van der Waals surface area contributed by atoms with Gasteiger partial charge < -0.3 is 11.1 Å². The molecule has 0 aliphatic rings. The van der Waals surface area contributed by atoms with Crippen molar-refractivity contribution in [2.75, 3.05) is 6.54 Å². The number of carbonyl (C=O) groups excluding carboxylic acids is 1. The van der Waals surface area contributed by atoms with Gasteiger partial charge in [-0.1, -0.05) is 31.5 Å². The Balaban J connectivity index is 0.00000289. The molecule has 102 valence electrons. The second-order valence-electron chi connectivity index (χ2n) is 4.51. The van der Waals surface area contributed by atoms with Gasteiger partial charge in [-0.3, -0.25) is 4.79 Å². The second-order valence-corrected chi connectivity index (χ2v) is 4.51. The van der Waals surface area contributed by atoms with Crippen molar-refractivity contribution in [1.29, 1.82) is 0 Å². The van der Waals surface area contributed by atoms with E-state index in [4.69, 9.17) is 5.73 Å². The van der Waals surface area contributed by atoms with Gasteiger partial charge >= 0.3 is 0 Å². The van der Waals surface area contributed by atoms with E-state index in [-0.39, 0.29) is 23.9 Å². The summed E-state index contributed by atoms with van der Waals surface area (Å²) in [4.78, 5) is 12.1. The van der Waals surface area contributed by atoms with Gasteiger partial charge in [0.1, 0.15) is 0 Å². The normalized spacial score (nSPS) is 10.7. The van der Waals surface area contributed by atoms with E-state index < -0.39 is 0 Å². The SMILES string of the molecule is CCC(CC)(CN)NC(=O)c1ccc(C)cc1.Cl. The fraction of sp³-hybridized carbons (Fsp3) is 0.500. The zero-order valence-corrected chi connectivity index (χ0v) is 12.1. The first-order valence-electron chi connectivity index (χ1n) is 6.16. The minimum atomic E-state index is -0.276. The van der Waals surface area contributed by atoms with Crippen LogP contribution in [0.5, 0.6) is 0 Å². The minimum absolute atomic E-state index is 0. The first kappa shape index (κ1) is 16.9. The Hall–Kier alpha value is -1.06. The molecule has 0 saturated heterocycles. The number of amides is 1. The molecule has 0 unspecified atom stereocenters. The van der Waals surface area contributed by atoms with Gasteiger partial charge in [0, 0.05) is 12.1 Å². The molecule has 18 heavy (non-hydrogen) atoms. The van der Waals surface area contributed by atoms with Gasteiger partial charge in [-0.25, -0.2) is 0 Å². The van der Waals surface area contributed by atoms with Crippen molar-refractivity contribution in [2.24, 2.45) is 5.73 Å². The van der Waals surface area contributed by atoms with Crippen molar-refractivity contribution in [2.45, 2.75) is 39.2 Å². The van der Waals surface area contributed by atoms with Crippen LogP contribution in [-0.2, 0) is 0 Å². The number of carbonyl (C=O) groups is 1. The summed E-state index contributed by atoms with van der Waals surface area (Å²) in [7, 11) is 0. The number of hydrogen-bond acceptors (Lipinski definition) is 2. The Morgan fingerprint density at radius 2 is 1.72 bits per heavy atom. The molecule has 1 aromatic rings. The van der Waals surface area contributed by atoms with Gasteiger partial charge in [-0.15, -0.1) is 12.4 Å². The Morgan fingerprint density at radius 1 is 1.22 bits per heavy atom. The first-order valence-corrected chi connectivity index (χ1v) is 6.16. The monoisotopic (exact) mass is 270 g/mol. The van der Waals surface area contributed by atoms with Crippen molar-refractivity contribution >= 4 is 18.3 Å². The van der Waals surface area contributed by atoms with Gasteiger partial charge in [0.2, 0.25) is 0 Å². The highest BCUT2D eigenvalue weighted by Crippen LogP contribution is 2.14. The third kappa shape index (κ3) is 4.00. The largest absolute Gasteiger partial charge is 0.345 e. The van der Waals surface area contributed by atoms with E-state index in [1.165, 1.54) is 0 Å². The molecule has 0 aliphatic carbocycles. The quantitative estimate of drug-likeness (QED) is 0.864. The van der Waals surface area contributed by atoms with Crippen molar-refractivity contribution in [3.63, 3.8) is 0 Å². The van der Waals surface area contributed by atoms with E-state index in [1.807, 2.05) is 45.0 Å². The Morgan fingerprint density at radius 3 is 2.11 bits per heavy atom. The molecule has 0 aromatic heterocycles. The Bertz CT molecular complexity index is 364. The number of nitrogens with two attached hydrogens (primary N) is 1. The number of rotatable bonds is 5. The first-order chi connectivity index (χ1) is 8.06. The van der Waals surface area contributed by atoms with Crippen LogP contribution in [0.4, 0.5) is 0 Å². The van der Waals surface area contributed by atoms with E-state index in [0.29, 0.717) is 12.1 Å². The highest BCUT2D eigenvalue weighted by atomic mass is 35.5. The lowest BCUT2D eigenvalue weighted by molar-refractivity contribution is 0.0895. The molecular weight excluding hydrogens is 248 g/mol. The maximum absolute atomic E-state index is 12.1. The van der Waals surface area contributed by atoms with Gasteiger partial charge in [-0.2, -0.15) is 0 Å². The summed E-state index contributed by atoms with van der Waals surface area (Å²) < 4.78 is 0. The number of nitrogens with one attached hydrogen (secondary N) is 1. The third-order valence-corrected chi connectivity index (χ3v) is 3.44. The molecule has 0 fully saturated rings. The van der Waals surface area contributed by atoms with Crippen LogP contribution < -0.4 is 11.1 Å². The maximum Gasteiger partial charge on any atom is 0.251 e. The molecule has 4 heteroatoms. The van der Waals surface area contributed by atoms with Gasteiger partial charge in [0.25, 0.3) is 5.91 Å². The molecule has 0 atom stereocenters. The molecule has 0 saturated carbocycles. The second kappa shape index (κ2) is 7.39. The molecule has 0 heterocycles. The van der Waals surface area contributed by atoms with Crippen LogP contribution in [0.1, 0.15) is 42.6 Å². The average molecular weight is 271 g/mol. The third-order valence-electron chi connectivity index (χ3n) is 3.44. The van der Waals surface area contributed by atoms with Gasteiger partial charge in [0.05, 0.1) is 5.54 Å². The molecule has 0 bridgehead atoms. The summed E-state index contributed by atoms with van der Waals surface area (Å²) in [6.45, 7) is 6.57. The lowest BCUT2D eigenvalue weighted by Gasteiger charge is -2.31. The molecule has 0 aliphatic heterocycles. The van der Waals surface area contributed by atoms with Crippen molar-refractivity contribution in [3.8, 4) is 0 Å². The molecule has 3 N–H and O–H groups in total. The molecule has 1 amide bonds. The summed E-state index contributed by atoms with van der Waals surface area (Å²) >= 11 is 0. The van der Waals surface area contributed by atoms with Crippen LogP contribution >= 0.6 is 12.4 Å². The fourth-order valence-corrected chi connectivity index (χ4v) is 1.78. The fourth-order valence-electron chi connectivity index (χ4n) is 1.78. The maximum atomic E-state index is 12.1. The summed E-state index contributed by atoms with van der Waals surface area (Å²) in [5.41, 5.74) is 7.33. The van der Waals surface area contributed by atoms with E-state index in [2.05, 4.69) is 5.32 Å². The minimum Gasteiger partial charge on any atom is -0.345 e. The smallest absolute Gasteiger partial charge is 0.251 e. The zero-order chi connectivity index (χ0) is 12.9. The predicted octanol–water partition coefficient (Wildman–Crippen LogP) is 2.66. The van der Waals surface area contributed by atoms with Crippen LogP contribution in [0, 0.1) is 6.92 Å². The molecule has 1 rings (SSSR count). The standard InChI is InChI=1S/C14H22N2O.ClH/c1-4-14(5-2,10-15)16-13(17)12-8-6-11(3)7-9-12;/h6-9H,4-5,10,15H2,1-3H3,(H,16,17);1H. The molecule has 0 spiro atoms. The van der Waals surface area contributed by atoms with Crippen LogP contribution in [0.2, 0.25) is 0 Å². The van der Waals surface area contributed by atoms with E-state index in [0.717, 1.165) is 18.4 Å². The number of benzene rings is 1. The predicted molar refractivity (Wildman–Crippen MR) is 78.3 cm³/mol. The lowest BCUT2D eigenvalue weighted by atomic mass is 9.92. The number of hydrogen-bond donors (Lipinski definition) is 2. The van der Waals surface area contributed by atoms with Crippen LogP contribution in [0.25, 0.3) is 0 Å². The number of aryl methyl sites for hydroxylation is 1. The highest BCUT2D eigenvalue weighted by molar-refractivity contribution is 5.94. The van der Waals surface area contributed by atoms with Gasteiger partial charge in [0.15, 0.2) is 0 Å². The number of halogens is 1. The van der Waals surface area contributed by atoms with E-state index in [9.17, 15) is 4.79 Å². The van der Waals surface area contributed by atoms with Gasteiger partial charge in [-0.05, 0) is 31.9 Å². The Kier molecular flexibility index (Phi) is 6.96. The Labute approximate surface area is 116 Å². The van der Waals surface area contributed by atoms with Crippen molar-refractivity contribution in [3.05, 3.63) is 35.4 Å². The lowest BCUT2D eigenvalue weighted by Crippen LogP contribution is -2.52. The topological polar surface area (TPSA) is 55.1 Å². The van der Waals surface area contributed by atoms with Crippen molar-refractivity contribution in [1.82, 2.24) is 5.32 Å². The summed E-state index contributed by atoms with van der Waals surface area (Å²) in [5, 5.41) is 3.05. The summed E-state index contributed by atoms with van der Waals surface area (Å²) in [6, 6.07) is 7.57. The van der Waals surface area contributed by atoms with Crippen LogP contribution in [-0.4, -0.2) is 18.0 Å². The summed E-state index contributed by atoms with van der Waals surface area (Å²) in [6.07, 6.45) is 1.69. The van der Waals surface area contributed by atoms with E-state index in [1.54, 1.807) is 0 Å². The average Bonchev–Trinajstić information content (AvgIpc) is 2.37. The zero-order valence-electron chi connectivity index (χ0n) is 11.3.